The molecule has 5 heteroatoms. The zero-order chi connectivity index (χ0) is 22.1. The van der Waals surface area contributed by atoms with Crippen LogP contribution in [0.4, 0.5) is 0 Å². The lowest BCUT2D eigenvalue weighted by Crippen LogP contribution is -2.61. The Morgan fingerprint density at radius 3 is 2.69 bits per heavy atom. The Morgan fingerprint density at radius 2 is 1.88 bits per heavy atom. The normalized spacial score (nSPS) is 41.2. The van der Waals surface area contributed by atoms with E-state index >= 15 is 0 Å². The van der Waals surface area contributed by atoms with Crippen molar-refractivity contribution in [2.75, 3.05) is 7.05 Å². The number of piperidine rings is 1. The van der Waals surface area contributed by atoms with Crippen molar-refractivity contribution in [2.45, 2.75) is 77.2 Å². The lowest BCUT2D eigenvalue weighted by atomic mass is 9.46. The van der Waals surface area contributed by atoms with Crippen LogP contribution < -0.4 is 0 Å². The molecule has 0 aromatic carbocycles. The molecule has 4 fully saturated rings. The number of thiazole rings is 1. The van der Waals surface area contributed by atoms with E-state index in [0.29, 0.717) is 28.7 Å². The van der Waals surface area contributed by atoms with Crippen LogP contribution in [0, 0.1) is 28.6 Å². The smallest absolute Gasteiger partial charge is 0.222 e. The summed E-state index contributed by atoms with van der Waals surface area (Å²) in [5.74, 6) is 3.32. The highest BCUT2D eigenvalue weighted by Crippen LogP contribution is 2.67. The second-order valence-corrected chi connectivity index (χ2v) is 12.3. The largest absolute Gasteiger partial charge is 0.342 e. The minimum atomic E-state index is 0.303. The van der Waals surface area contributed by atoms with Gasteiger partial charge in [-0.25, -0.2) is 4.98 Å². The minimum Gasteiger partial charge on any atom is -0.342 e. The Kier molecular flexibility index (Phi) is 4.80. The molecule has 1 saturated heterocycles. The van der Waals surface area contributed by atoms with Gasteiger partial charge < -0.3 is 4.90 Å². The second-order valence-electron chi connectivity index (χ2n) is 11.4. The first-order valence-electron chi connectivity index (χ1n) is 12.5. The molecular weight excluding hydrogens is 414 g/mol. The Labute approximate surface area is 195 Å². The number of nitrogens with zero attached hydrogens (tertiary/aromatic N) is 3. The summed E-state index contributed by atoms with van der Waals surface area (Å²) in [6, 6.07) is 6.53. The maximum atomic E-state index is 12.4. The molecule has 1 aliphatic heterocycles. The van der Waals surface area contributed by atoms with Crippen LogP contribution in [-0.2, 0) is 4.79 Å². The van der Waals surface area contributed by atoms with Gasteiger partial charge >= 0.3 is 0 Å². The molecule has 0 bridgehead atoms. The number of hydrogen-bond acceptors (Lipinski definition) is 4. The van der Waals surface area contributed by atoms with E-state index in [0.717, 1.165) is 41.3 Å². The number of carbonyl (C=O) groups is 1. The van der Waals surface area contributed by atoms with Crippen LogP contribution in [0.1, 0.15) is 76.8 Å². The molecule has 7 atom stereocenters. The van der Waals surface area contributed by atoms with Crippen molar-refractivity contribution in [3.63, 3.8) is 0 Å². The average molecular weight is 450 g/mol. The topological polar surface area (TPSA) is 46.1 Å². The molecule has 170 valence electrons. The van der Waals surface area contributed by atoms with E-state index in [4.69, 9.17) is 4.98 Å². The van der Waals surface area contributed by atoms with Crippen molar-refractivity contribution in [3.8, 4) is 10.7 Å². The molecule has 4 aliphatic rings. The maximum Gasteiger partial charge on any atom is 0.222 e. The quantitative estimate of drug-likeness (QED) is 0.552. The molecule has 2 aromatic heterocycles. The van der Waals surface area contributed by atoms with E-state index < -0.39 is 0 Å². The number of amides is 1. The Balaban J connectivity index is 1.27. The monoisotopic (exact) mass is 449 g/mol. The van der Waals surface area contributed by atoms with Crippen molar-refractivity contribution in [1.82, 2.24) is 14.9 Å². The molecule has 1 amide bonds. The third-order valence-corrected chi connectivity index (χ3v) is 11.2. The standard InChI is InChI=1S/C27H35N3OS/c1-26-13-11-19-17(7-10-23-27(19,2)14-12-24(31)30(23)3)18(26)8-9-20(26)22-16-32-25(29-22)21-6-4-5-15-28-21/h4-6,15-20,23H,7-14H2,1-3H3/t17-,18-,19+,20?,23?,26-,27+/m0/s1. The van der Waals surface area contributed by atoms with Crippen molar-refractivity contribution in [3.05, 3.63) is 35.5 Å². The van der Waals surface area contributed by atoms with Gasteiger partial charge in [-0.2, -0.15) is 0 Å². The predicted octanol–water partition coefficient (Wildman–Crippen LogP) is 6.15. The van der Waals surface area contributed by atoms with Gasteiger partial charge in [0.15, 0.2) is 0 Å². The summed E-state index contributed by atoms with van der Waals surface area (Å²) in [6.07, 6.45) is 11.4. The van der Waals surface area contributed by atoms with E-state index in [9.17, 15) is 4.79 Å². The SMILES string of the molecule is CN1C(=O)CC[C@@]2(C)C1CC[C@@H]1[C@H]2CC[C@]2(C)C(c3csc(-c4ccccn4)n3)CC[C@@H]12. The van der Waals surface area contributed by atoms with Gasteiger partial charge in [0, 0.05) is 37.0 Å². The third-order valence-electron chi connectivity index (χ3n) is 10.3. The number of fused-ring (bicyclic) bond motifs is 5. The highest BCUT2D eigenvalue weighted by Gasteiger charge is 2.61. The lowest BCUT2D eigenvalue weighted by molar-refractivity contribution is -0.157. The molecule has 0 N–H and O–H groups in total. The maximum absolute atomic E-state index is 12.4. The number of carbonyl (C=O) groups excluding carboxylic acids is 1. The highest BCUT2D eigenvalue weighted by atomic mass is 32.1. The van der Waals surface area contributed by atoms with Crippen LogP contribution in [0.2, 0.25) is 0 Å². The van der Waals surface area contributed by atoms with Gasteiger partial charge in [0.1, 0.15) is 5.01 Å². The number of rotatable bonds is 2. The fourth-order valence-electron chi connectivity index (χ4n) is 8.69. The van der Waals surface area contributed by atoms with E-state index in [1.807, 2.05) is 18.3 Å². The number of aromatic nitrogens is 2. The van der Waals surface area contributed by atoms with Crippen LogP contribution in [0.15, 0.2) is 29.8 Å². The molecular formula is C27H35N3OS. The van der Waals surface area contributed by atoms with Crippen LogP contribution in [0.3, 0.4) is 0 Å². The molecule has 2 aromatic rings. The van der Waals surface area contributed by atoms with Crippen LogP contribution >= 0.6 is 11.3 Å². The van der Waals surface area contributed by atoms with Crippen LogP contribution in [-0.4, -0.2) is 33.9 Å². The van der Waals surface area contributed by atoms with E-state index in [1.54, 1.807) is 11.3 Å². The van der Waals surface area contributed by atoms with Gasteiger partial charge in [0.05, 0.1) is 11.4 Å². The molecule has 6 rings (SSSR count). The van der Waals surface area contributed by atoms with E-state index in [1.165, 1.54) is 44.2 Å². The highest BCUT2D eigenvalue weighted by molar-refractivity contribution is 7.13. The fourth-order valence-corrected chi connectivity index (χ4v) is 9.54. The summed E-state index contributed by atoms with van der Waals surface area (Å²) in [6.45, 7) is 5.10. The molecule has 3 aliphatic carbocycles. The van der Waals surface area contributed by atoms with Crippen LogP contribution in [0.5, 0.6) is 0 Å². The summed E-state index contributed by atoms with van der Waals surface area (Å²) >= 11 is 1.75. The minimum absolute atomic E-state index is 0.303. The van der Waals surface area contributed by atoms with E-state index in [-0.39, 0.29) is 0 Å². The van der Waals surface area contributed by atoms with Gasteiger partial charge in [0.25, 0.3) is 0 Å². The molecule has 2 unspecified atom stereocenters. The molecule has 32 heavy (non-hydrogen) atoms. The van der Waals surface area contributed by atoms with Gasteiger partial charge in [-0.15, -0.1) is 11.3 Å². The summed E-state index contributed by atoms with van der Waals surface area (Å²) in [4.78, 5) is 24.1. The summed E-state index contributed by atoms with van der Waals surface area (Å²) in [5.41, 5.74) is 2.96. The first kappa shape index (κ1) is 20.8. The van der Waals surface area contributed by atoms with Gasteiger partial charge in [-0.1, -0.05) is 19.9 Å². The average Bonchev–Trinajstić information content (AvgIpc) is 3.41. The van der Waals surface area contributed by atoms with Gasteiger partial charge in [-0.3, -0.25) is 9.78 Å². The molecule has 3 heterocycles. The number of likely N-dealkylation sites (tertiary alicyclic amines) is 1. The zero-order valence-electron chi connectivity index (χ0n) is 19.6. The molecule has 0 spiro atoms. The molecule has 4 nitrogen and oxygen atoms in total. The Morgan fingerprint density at radius 1 is 1.03 bits per heavy atom. The Hall–Kier alpha value is -1.75. The van der Waals surface area contributed by atoms with Gasteiger partial charge in [-0.05, 0) is 85.7 Å². The fraction of sp³-hybridized carbons (Fsp3) is 0.667. The first-order valence-corrected chi connectivity index (χ1v) is 13.4. The summed E-state index contributed by atoms with van der Waals surface area (Å²) in [5, 5.41) is 3.37. The summed E-state index contributed by atoms with van der Waals surface area (Å²) in [7, 11) is 2.06. The summed E-state index contributed by atoms with van der Waals surface area (Å²) < 4.78 is 0. The molecule has 0 radical (unpaired) electrons. The van der Waals surface area contributed by atoms with E-state index in [2.05, 4.69) is 42.2 Å². The van der Waals surface area contributed by atoms with Crippen LogP contribution in [0.25, 0.3) is 10.7 Å². The number of hydrogen-bond donors (Lipinski definition) is 0. The van der Waals surface area contributed by atoms with Gasteiger partial charge in [0.2, 0.25) is 5.91 Å². The van der Waals surface area contributed by atoms with Crippen molar-refractivity contribution >= 4 is 17.2 Å². The van der Waals surface area contributed by atoms with Crippen molar-refractivity contribution < 1.29 is 4.79 Å². The third kappa shape index (κ3) is 2.89. The Bertz CT molecular complexity index is 1020. The molecule has 3 saturated carbocycles. The number of pyridine rings is 1. The van der Waals surface area contributed by atoms with Crippen molar-refractivity contribution in [1.29, 1.82) is 0 Å². The second kappa shape index (κ2) is 7.38. The first-order chi connectivity index (χ1) is 15.4. The van der Waals surface area contributed by atoms with Crippen molar-refractivity contribution in [2.24, 2.45) is 28.6 Å². The zero-order valence-corrected chi connectivity index (χ0v) is 20.4. The lowest BCUT2D eigenvalue weighted by Gasteiger charge is -2.61. The predicted molar refractivity (Wildman–Crippen MR) is 128 cm³/mol.